The van der Waals surface area contributed by atoms with Gasteiger partial charge in [0.25, 0.3) is 0 Å². The highest BCUT2D eigenvalue weighted by Gasteiger charge is 2.25. The average molecular weight is 503 g/mol. The van der Waals surface area contributed by atoms with Crippen LogP contribution in [0.4, 0.5) is 0 Å². The maximum absolute atomic E-state index is 2.32. The number of hydrogen-bond acceptors (Lipinski definition) is 0. The first-order chi connectivity index (χ1) is 18.3. The van der Waals surface area contributed by atoms with Crippen LogP contribution in [0.1, 0.15) is 72.2 Å². The maximum atomic E-state index is 2.32. The van der Waals surface area contributed by atoms with E-state index in [1.54, 1.807) is 0 Å². The summed E-state index contributed by atoms with van der Waals surface area (Å²) < 4.78 is 0. The Hall–Kier alpha value is -3.38. The molecule has 0 saturated heterocycles. The van der Waals surface area contributed by atoms with E-state index in [9.17, 15) is 0 Å². The lowest BCUT2D eigenvalue weighted by Crippen LogP contribution is -2.03. The molecule has 0 atom stereocenters. The quantitative estimate of drug-likeness (QED) is 0.211. The molecule has 5 rings (SSSR count). The molecule has 0 aliphatic rings. The molecule has 0 unspecified atom stereocenters. The SMILES string of the molecule is CC.CC.Cc1c(C)c(C)c2c(-c3ccccc3)c3c(C)c(C)c(C)c(C)c3c(-c3ccccc3)c2c1C. The fourth-order valence-corrected chi connectivity index (χ4v) is 5.91. The van der Waals surface area contributed by atoms with Crippen molar-refractivity contribution >= 4 is 21.5 Å². The summed E-state index contributed by atoms with van der Waals surface area (Å²) in [7, 11) is 0. The first-order valence-electron chi connectivity index (χ1n) is 14.3. The predicted molar refractivity (Wildman–Crippen MR) is 173 cm³/mol. The normalized spacial score (nSPS) is 10.6. The standard InChI is InChI=1S/C34H34.2C2H6/c1-19-20(2)24(6)30-29(23(19)5)33(27-15-11-9-12-16-27)31-25(7)21(3)22(4)26(8)32(31)34(30)28-17-13-10-14-18-28;2*1-2/h9-18H,1-8H3;2*1-2H3. The molecule has 0 fully saturated rings. The van der Waals surface area contributed by atoms with Crippen LogP contribution in [0.2, 0.25) is 0 Å². The second-order valence-corrected chi connectivity index (χ2v) is 9.98. The van der Waals surface area contributed by atoms with Crippen LogP contribution in [0.25, 0.3) is 43.8 Å². The lowest BCUT2D eigenvalue weighted by Gasteiger charge is -2.27. The zero-order valence-corrected chi connectivity index (χ0v) is 25.8. The minimum Gasteiger partial charge on any atom is -0.0683 e. The summed E-state index contributed by atoms with van der Waals surface area (Å²) in [6, 6.07) is 22.0. The molecular formula is C38H46. The molecule has 0 saturated carbocycles. The van der Waals surface area contributed by atoms with Gasteiger partial charge in [0, 0.05) is 0 Å². The second kappa shape index (κ2) is 12.0. The Bertz CT molecular complexity index is 1380. The Morgan fingerprint density at radius 2 is 0.500 bits per heavy atom. The zero-order valence-electron chi connectivity index (χ0n) is 25.8. The minimum atomic E-state index is 1.30. The molecule has 0 spiro atoms. The Morgan fingerprint density at radius 1 is 0.289 bits per heavy atom. The van der Waals surface area contributed by atoms with Crippen LogP contribution in [0.5, 0.6) is 0 Å². The highest BCUT2D eigenvalue weighted by molar-refractivity contribution is 6.25. The van der Waals surface area contributed by atoms with Crippen molar-refractivity contribution in [1.29, 1.82) is 0 Å². The van der Waals surface area contributed by atoms with Crippen molar-refractivity contribution in [2.24, 2.45) is 0 Å². The number of benzene rings is 5. The number of rotatable bonds is 2. The van der Waals surface area contributed by atoms with Crippen LogP contribution in [-0.2, 0) is 0 Å². The van der Waals surface area contributed by atoms with Gasteiger partial charge in [-0.25, -0.2) is 0 Å². The molecule has 0 bridgehead atoms. The molecule has 198 valence electrons. The van der Waals surface area contributed by atoms with Gasteiger partial charge in [0.15, 0.2) is 0 Å². The molecule has 0 nitrogen and oxygen atoms in total. The number of aryl methyl sites for hydroxylation is 4. The van der Waals surface area contributed by atoms with E-state index in [4.69, 9.17) is 0 Å². The van der Waals surface area contributed by atoms with Gasteiger partial charge in [0.2, 0.25) is 0 Å². The summed E-state index contributed by atoms with van der Waals surface area (Å²) >= 11 is 0. The Kier molecular flexibility index (Phi) is 9.21. The van der Waals surface area contributed by atoms with Gasteiger partial charge in [-0.15, -0.1) is 0 Å². The second-order valence-electron chi connectivity index (χ2n) is 9.98. The monoisotopic (exact) mass is 502 g/mol. The molecular weight excluding hydrogens is 456 g/mol. The van der Waals surface area contributed by atoms with E-state index in [1.165, 1.54) is 88.3 Å². The van der Waals surface area contributed by atoms with E-state index in [0.29, 0.717) is 0 Å². The molecule has 0 heteroatoms. The fourth-order valence-electron chi connectivity index (χ4n) is 5.91. The molecule has 0 radical (unpaired) electrons. The van der Waals surface area contributed by atoms with Crippen molar-refractivity contribution in [1.82, 2.24) is 0 Å². The van der Waals surface area contributed by atoms with Crippen molar-refractivity contribution in [2.75, 3.05) is 0 Å². The van der Waals surface area contributed by atoms with Crippen LogP contribution < -0.4 is 0 Å². The first kappa shape index (κ1) is 29.2. The molecule has 0 aliphatic heterocycles. The van der Waals surface area contributed by atoms with Gasteiger partial charge >= 0.3 is 0 Å². The van der Waals surface area contributed by atoms with Crippen LogP contribution in [0, 0.1) is 55.4 Å². The largest absolute Gasteiger partial charge is 0.0683 e. The van der Waals surface area contributed by atoms with Gasteiger partial charge in [0.05, 0.1) is 0 Å². The molecule has 0 aliphatic carbocycles. The fraction of sp³-hybridized carbons (Fsp3) is 0.316. The van der Waals surface area contributed by atoms with Crippen molar-refractivity contribution < 1.29 is 0 Å². The zero-order chi connectivity index (χ0) is 28.3. The number of hydrogen-bond donors (Lipinski definition) is 0. The first-order valence-corrected chi connectivity index (χ1v) is 14.3. The van der Waals surface area contributed by atoms with Crippen molar-refractivity contribution in [3.05, 3.63) is 105 Å². The van der Waals surface area contributed by atoms with Crippen LogP contribution in [-0.4, -0.2) is 0 Å². The third-order valence-electron chi connectivity index (χ3n) is 8.50. The summed E-state index contributed by atoms with van der Waals surface area (Å²) in [6.45, 7) is 26.4. The molecule has 0 N–H and O–H groups in total. The summed E-state index contributed by atoms with van der Waals surface area (Å²) in [5, 5.41) is 5.63. The summed E-state index contributed by atoms with van der Waals surface area (Å²) in [6.07, 6.45) is 0. The highest BCUT2D eigenvalue weighted by Crippen LogP contribution is 2.50. The maximum Gasteiger partial charge on any atom is -0.00206 e. The van der Waals surface area contributed by atoms with Gasteiger partial charge in [0.1, 0.15) is 0 Å². The Labute approximate surface area is 231 Å². The van der Waals surface area contributed by atoms with Crippen molar-refractivity contribution in [2.45, 2.75) is 83.1 Å². The molecule has 0 amide bonds. The third-order valence-corrected chi connectivity index (χ3v) is 8.50. The van der Waals surface area contributed by atoms with E-state index in [0.717, 1.165) is 0 Å². The van der Waals surface area contributed by atoms with Gasteiger partial charge in [-0.1, -0.05) is 88.4 Å². The van der Waals surface area contributed by atoms with Gasteiger partial charge in [-0.2, -0.15) is 0 Å². The minimum absolute atomic E-state index is 1.30. The van der Waals surface area contributed by atoms with E-state index < -0.39 is 0 Å². The molecule has 38 heavy (non-hydrogen) atoms. The van der Waals surface area contributed by atoms with E-state index >= 15 is 0 Å². The van der Waals surface area contributed by atoms with Crippen LogP contribution >= 0.6 is 0 Å². The Balaban J connectivity index is 0.000000956. The third kappa shape index (κ3) is 4.55. The van der Waals surface area contributed by atoms with E-state index in [1.807, 2.05) is 27.7 Å². The summed E-state index contributed by atoms with van der Waals surface area (Å²) in [5.41, 5.74) is 16.6. The molecule has 5 aromatic rings. The Morgan fingerprint density at radius 3 is 0.711 bits per heavy atom. The van der Waals surface area contributed by atoms with Gasteiger partial charge in [-0.3, -0.25) is 0 Å². The lowest BCUT2D eigenvalue weighted by molar-refractivity contribution is 1.24. The van der Waals surface area contributed by atoms with Crippen molar-refractivity contribution in [3.8, 4) is 22.3 Å². The molecule has 5 aromatic carbocycles. The topological polar surface area (TPSA) is 0 Å². The average Bonchev–Trinajstić information content (AvgIpc) is 2.98. The summed E-state index contributed by atoms with van der Waals surface area (Å²) in [4.78, 5) is 0. The summed E-state index contributed by atoms with van der Waals surface area (Å²) in [5.74, 6) is 0. The van der Waals surface area contributed by atoms with Gasteiger partial charge < -0.3 is 0 Å². The van der Waals surface area contributed by atoms with E-state index in [-0.39, 0.29) is 0 Å². The molecule has 0 heterocycles. The predicted octanol–water partition coefficient (Wildman–Crippen LogP) is 11.8. The molecule has 0 aromatic heterocycles. The van der Waals surface area contributed by atoms with Crippen LogP contribution in [0.15, 0.2) is 60.7 Å². The van der Waals surface area contributed by atoms with Crippen LogP contribution in [0.3, 0.4) is 0 Å². The number of fused-ring (bicyclic) bond motifs is 2. The highest BCUT2D eigenvalue weighted by atomic mass is 14.3. The lowest BCUT2D eigenvalue weighted by atomic mass is 9.77. The smallest absolute Gasteiger partial charge is 0.00206 e. The van der Waals surface area contributed by atoms with E-state index in [2.05, 4.69) is 116 Å². The van der Waals surface area contributed by atoms with Gasteiger partial charge in [-0.05, 0) is 144 Å². The van der Waals surface area contributed by atoms with Crippen molar-refractivity contribution in [3.63, 3.8) is 0 Å².